The lowest BCUT2D eigenvalue weighted by atomic mass is 10.1. The van der Waals surface area contributed by atoms with E-state index in [0.29, 0.717) is 11.3 Å². The van der Waals surface area contributed by atoms with Crippen LogP contribution in [-0.4, -0.2) is 17.3 Å². The Morgan fingerprint density at radius 1 is 1.11 bits per heavy atom. The summed E-state index contributed by atoms with van der Waals surface area (Å²) in [5.74, 6) is -0.336. The third kappa shape index (κ3) is 3.18. The first-order valence-electron chi connectivity index (χ1n) is 5.34. The van der Waals surface area contributed by atoms with Gasteiger partial charge in [-0.05, 0) is 29.8 Å². The van der Waals surface area contributed by atoms with Crippen molar-refractivity contribution in [3.63, 3.8) is 0 Å². The van der Waals surface area contributed by atoms with Gasteiger partial charge in [0.1, 0.15) is 0 Å². The maximum Gasteiger partial charge on any atom is 0.335 e. The number of carbonyl (C=O) groups is 1. The van der Waals surface area contributed by atoms with Gasteiger partial charge in [0.25, 0.3) is 0 Å². The van der Waals surface area contributed by atoms with Crippen molar-refractivity contribution in [2.24, 2.45) is 5.16 Å². The minimum absolute atomic E-state index is 0.221. The number of carboxylic acid groups (broad SMARTS) is 1. The van der Waals surface area contributed by atoms with Crippen LogP contribution in [-0.2, 0) is 0 Å². The van der Waals surface area contributed by atoms with Crippen molar-refractivity contribution in [2.45, 2.75) is 0 Å². The predicted octanol–water partition coefficient (Wildman–Crippen LogP) is 2.80. The van der Waals surface area contributed by atoms with Crippen molar-refractivity contribution in [2.75, 3.05) is 0 Å². The highest BCUT2D eigenvalue weighted by Crippen LogP contribution is 2.08. The van der Waals surface area contributed by atoms with Crippen LogP contribution < -0.4 is 4.84 Å². The van der Waals surface area contributed by atoms with E-state index in [1.807, 2.05) is 18.2 Å². The van der Waals surface area contributed by atoms with Gasteiger partial charge < -0.3 is 9.94 Å². The molecule has 0 unspecified atom stereocenters. The van der Waals surface area contributed by atoms with Crippen molar-refractivity contribution in [3.05, 3.63) is 65.7 Å². The minimum atomic E-state index is -0.964. The van der Waals surface area contributed by atoms with Crippen LogP contribution in [0.3, 0.4) is 0 Å². The molecule has 4 heteroatoms. The summed E-state index contributed by atoms with van der Waals surface area (Å²) < 4.78 is 0. The molecule has 0 spiro atoms. The first kappa shape index (κ1) is 11.9. The molecule has 0 saturated heterocycles. The second-order valence-corrected chi connectivity index (χ2v) is 3.57. The lowest BCUT2D eigenvalue weighted by Gasteiger charge is -1.98. The highest BCUT2D eigenvalue weighted by Gasteiger charge is 2.01. The van der Waals surface area contributed by atoms with Gasteiger partial charge in [-0.1, -0.05) is 35.5 Å². The fraction of sp³-hybridized carbons (Fsp3) is 0. The number of hydrogen-bond acceptors (Lipinski definition) is 3. The molecule has 0 saturated carbocycles. The molecule has 0 radical (unpaired) electrons. The van der Waals surface area contributed by atoms with Crippen molar-refractivity contribution >= 4 is 12.2 Å². The maximum atomic E-state index is 10.8. The second kappa shape index (κ2) is 5.63. The smallest absolute Gasteiger partial charge is 0.335 e. The summed E-state index contributed by atoms with van der Waals surface area (Å²) in [4.78, 5) is 15.9. The quantitative estimate of drug-likeness (QED) is 0.661. The van der Waals surface area contributed by atoms with E-state index in [1.54, 1.807) is 24.3 Å². The average molecular weight is 241 g/mol. The van der Waals surface area contributed by atoms with Gasteiger partial charge >= 0.3 is 5.97 Å². The molecule has 2 rings (SSSR count). The van der Waals surface area contributed by atoms with E-state index >= 15 is 0 Å². The van der Waals surface area contributed by atoms with E-state index in [4.69, 9.17) is 9.94 Å². The SMILES string of the molecule is O=C(O)c1cccc(/C=N\Oc2ccccc2)c1. The molecular formula is C14H11NO3. The molecule has 0 aliphatic carbocycles. The van der Waals surface area contributed by atoms with Crippen LogP contribution in [0.25, 0.3) is 0 Å². The fourth-order valence-corrected chi connectivity index (χ4v) is 1.38. The zero-order chi connectivity index (χ0) is 12.8. The summed E-state index contributed by atoms with van der Waals surface area (Å²) in [6.45, 7) is 0. The molecular weight excluding hydrogens is 230 g/mol. The lowest BCUT2D eigenvalue weighted by molar-refractivity contribution is 0.0697. The van der Waals surface area contributed by atoms with E-state index in [0.717, 1.165) is 0 Å². The van der Waals surface area contributed by atoms with Gasteiger partial charge in [0.05, 0.1) is 11.8 Å². The van der Waals surface area contributed by atoms with Crippen LogP contribution in [0.15, 0.2) is 59.8 Å². The van der Waals surface area contributed by atoms with Gasteiger partial charge in [0, 0.05) is 0 Å². The van der Waals surface area contributed by atoms with Crippen LogP contribution in [0, 0.1) is 0 Å². The number of para-hydroxylation sites is 1. The molecule has 0 heterocycles. The zero-order valence-corrected chi connectivity index (χ0v) is 9.48. The molecule has 2 aromatic carbocycles. The Labute approximate surface area is 104 Å². The normalized spacial score (nSPS) is 10.4. The minimum Gasteiger partial charge on any atom is -0.478 e. The lowest BCUT2D eigenvalue weighted by Crippen LogP contribution is -1.97. The summed E-state index contributed by atoms with van der Waals surface area (Å²) in [5, 5.41) is 12.6. The number of hydrogen-bond donors (Lipinski definition) is 1. The number of benzene rings is 2. The third-order valence-corrected chi connectivity index (χ3v) is 2.24. The summed E-state index contributed by atoms with van der Waals surface area (Å²) in [6.07, 6.45) is 1.47. The first-order valence-corrected chi connectivity index (χ1v) is 5.34. The Kier molecular flexibility index (Phi) is 3.71. The fourth-order valence-electron chi connectivity index (χ4n) is 1.38. The number of carboxylic acids is 1. The molecule has 0 aliphatic rings. The molecule has 0 aromatic heterocycles. The van der Waals surface area contributed by atoms with Crippen molar-refractivity contribution < 1.29 is 14.7 Å². The molecule has 2 aromatic rings. The van der Waals surface area contributed by atoms with E-state index in [2.05, 4.69) is 5.16 Å². The number of aromatic carboxylic acids is 1. The molecule has 0 atom stereocenters. The van der Waals surface area contributed by atoms with Gasteiger partial charge in [-0.15, -0.1) is 0 Å². The van der Waals surface area contributed by atoms with Gasteiger partial charge in [-0.2, -0.15) is 0 Å². The Morgan fingerprint density at radius 2 is 1.89 bits per heavy atom. The van der Waals surface area contributed by atoms with E-state index in [1.165, 1.54) is 18.3 Å². The molecule has 90 valence electrons. The molecule has 18 heavy (non-hydrogen) atoms. The highest BCUT2D eigenvalue weighted by atomic mass is 16.6. The number of nitrogens with zero attached hydrogens (tertiary/aromatic N) is 1. The predicted molar refractivity (Wildman–Crippen MR) is 68.1 cm³/mol. The average Bonchev–Trinajstić information content (AvgIpc) is 2.40. The largest absolute Gasteiger partial charge is 0.478 e. The Bertz CT molecular complexity index is 564. The maximum absolute atomic E-state index is 10.8. The third-order valence-electron chi connectivity index (χ3n) is 2.24. The summed E-state index contributed by atoms with van der Waals surface area (Å²) >= 11 is 0. The molecule has 0 fully saturated rings. The summed E-state index contributed by atoms with van der Waals surface area (Å²) in [6, 6.07) is 15.6. The van der Waals surface area contributed by atoms with E-state index < -0.39 is 5.97 Å². The second-order valence-electron chi connectivity index (χ2n) is 3.57. The standard InChI is InChI=1S/C14H11NO3/c16-14(17)12-6-4-5-11(9-12)10-15-18-13-7-2-1-3-8-13/h1-10H,(H,16,17)/b15-10-. The van der Waals surface area contributed by atoms with Gasteiger partial charge in [0.15, 0.2) is 5.75 Å². The topological polar surface area (TPSA) is 58.9 Å². The first-order chi connectivity index (χ1) is 8.75. The highest BCUT2D eigenvalue weighted by molar-refractivity contribution is 5.90. The van der Waals surface area contributed by atoms with Crippen LogP contribution in [0.1, 0.15) is 15.9 Å². The Hall–Kier alpha value is -2.62. The Morgan fingerprint density at radius 3 is 2.61 bits per heavy atom. The molecule has 1 N–H and O–H groups in total. The van der Waals surface area contributed by atoms with Gasteiger partial charge in [0.2, 0.25) is 0 Å². The van der Waals surface area contributed by atoms with Crippen molar-refractivity contribution in [1.29, 1.82) is 0 Å². The number of rotatable bonds is 4. The molecule has 0 aliphatic heterocycles. The zero-order valence-electron chi connectivity index (χ0n) is 9.48. The van der Waals surface area contributed by atoms with Gasteiger partial charge in [-0.3, -0.25) is 0 Å². The van der Waals surface area contributed by atoms with Crippen LogP contribution >= 0.6 is 0 Å². The molecule has 0 bridgehead atoms. The Balaban J connectivity index is 2.05. The van der Waals surface area contributed by atoms with E-state index in [-0.39, 0.29) is 5.56 Å². The number of oxime groups is 1. The molecule has 4 nitrogen and oxygen atoms in total. The van der Waals surface area contributed by atoms with Gasteiger partial charge in [-0.25, -0.2) is 4.79 Å². The van der Waals surface area contributed by atoms with Crippen molar-refractivity contribution in [3.8, 4) is 5.75 Å². The van der Waals surface area contributed by atoms with Crippen molar-refractivity contribution in [1.82, 2.24) is 0 Å². The monoisotopic (exact) mass is 241 g/mol. The van der Waals surface area contributed by atoms with Crippen LogP contribution in [0.2, 0.25) is 0 Å². The summed E-state index contributed by atoms with van der Waals surface area (Å²) in [5.41, 5.74) is 0.893. The van der Waals surface area contributed by atoms with Crippen LogP contribution in [0.4, 0.5) is 0 Å². The van der Waals surface area contributed by atoms with Crippen LogP contribution in [0.5, 0.6) is 5.75 Å². The summed E-state index contributed by atoms with van der Waals surface area (Å²) in [7, 11) is 0. The van der Waals surface area contributed by atoms with E-state index in [9.17, 15) is 4.79 Å². The molecule has 0 amide bonds.